The largest absolute Gasteiger partial charge is 0.489 e. The van der Waals surface area contributed by atoms with E-state index in [-0.39, 0.29) is 6.61 Å². The van der Waals surface area contributed by atoms with Crippen LogP contribution in [-0.2, 0) is 0 Å². The molecule has 0 saturated heterocycles. The molecule has 1 N–H and O–H groups in total. The van der Waals surface area contributed by atoms with E-state index in [0.29, 0.717) is 21.5 Å². The van der Waals surface area contributed by atoms with E-state index in [1.54, 1.807) is 24.4 Å². The van der Waals surface area contributed by atoms with Crippen molar-refractivity contribution in [2.45, 2.75) is 18.1 Å². The van der Waals surface area contributed by atoms with Gasteiger partial charge >= 0.3 is 0 Å². The lowest BCUT2D eigenvalue weighted by Crippen LogP contribution is -2.20. The molecule has 0 aliphatic carbocycles. The molecule has 0 fully saturated rings. The van der Waals surface area contributed by atoms with Crippen LogP contribution in [0.4, 0.5) is 0 Å². The van der Waals surface area contributed by atoms with E-state index in [1.807, 2.05) is 19.1 Å². The number of aromatic nitrogens is 1. The highest BCUT2D eigenvalue weighted by Gasteiger charge is 2.09. The normalized spacial score (nSPS) is 12.2. The molecule has 1 unspecified atom stereocenters. The molecular formula is C15H15Cl2NO2S. The Morgan fingerprint density at radius 2 is 2.10 bits per heavy atom. The van der Waals surface area contributed by atoms with E-state index in [2.05, 4.69) is 4.98 Å². The third-order valence-electron chi connectivity index (χ3n) is 2.63. The predicted molar refractivity (Wildman–Crippen MR) is 87.7 cm³/mol. The van der Waals surface area contributed by atoms with E-state index in [0.717, 1.165) is 10.6 Å². The van der Waals surface area contributed by atoms with Crippen LogP contribution >= 0.6 is 35.0 Å². The van der Waals surface area contributed by atoms with Gasteiger partial charge in [-0.25, -0.2) is 4.98 Å². The molecule has 0 spiro atoms. The molecule has 3 nitrogen and oxygen atoms in total. The van der Waals surface area contributed by atoms with E-state index < -0.39 is 6.10 Å². The lowest BCUT2D eigenvalue weighted by Gasteiger charge is -2.13. The topological polar surface area (TPSA) is 42.4 Å². The molecule has 2 aromatic rings. The maximum Gasteiger partial charge on any atom is 0.139 e. The number of aliphatic hydroxyl groups excluding tert-OH is 1. The fraction of sp³-hybridized carbons (Fsp3) is 0.267. The summed E-state index contributed by atoms with van der Waals surface area (Å²) in [6.45, 7) is 2.14. The molecule has 1 heterocycles. The summed E-state index contributed by atoms with van der Waals surface area (Å²) in [6, 6.07) is 8.90. The van der Waals surface area contributed by atoms with E-state index in [1.165, 1.54) is 11.8 Å². The highest BCUT2D eigenvalue weighted by atomic mass is 35.5. The fourth-order valence-electron chi connectivity index (χ4n) is 1.54. The van der Waals surface area contributed by atoms with Crippen LogP contribution in [0.5, 0.6) is 5.75 Å². The van der Waals surface area contributed by atoms with Crippen LogP contribution in [0.3, 0.4) is 0 Å². The molecule has 0 aliphatic heterocycles. The average Bonchev–Trinajstić information content (AvgIpc) is 2.47. The van der Waals surface area contributed by atoms with E-state index in [4.69, 9.17) is 27.9 Å². The standard InChI is InChI=1S/C15H15Cl2NO2S/c1-10-2-5-15(18-7-10)21-9-12(19)8-20-14-6-11(16)3-4-13(14)17/h2-7,12,19H,8-9H2,1H3. The summed E-state index contributed by atoms with van der Waals surface area (Å²) < 4.78 is 5.49. The number of benzene rings is 1. The van der Waals surface area contributed by atoms with Crippen LogP contribution in [0.25, 0.3) is 0 Å². The minimum absolute atomic E-state index is 0.152. The molecule has 6 heteroatoms. The van der Waals surface area contributed by atoms with Crippen molar-refractivity contribution < 1.29 is 9.84 Å². The number of ether oxygens (including phenoxy) is 1. The quantitative estimate of drug-likeness (QED) is 0.797. The zero-order chi connectivity index (χ0) is 15.2. The molecule has 1 aromatic carbocycles. The summed E-state index contributed by atoms with van der Waals surface area (Å²) >= 11 is 13.3. The molecule has 112 valence electrons. The van der Waals surface area contributed by atoms with Crippen LogP contribution < -0.4 is 4.74 Å². The summed E-state index contributed by atoms with van der Waals surface area (Å²) in [5.74, 6) is 0.968. The molecular weight excluding hydrogens is 329 g/mol. The highest BCUT2D eigenvalue weighted by molar-refractivity contribution is 7.99. The highest BCUT2D eigenvalue weighted by Crippen LogP contribution is 2.28. The third kappa shape index (κ3) is 5.40. The van der Waals surface area contributed by atoms with Crippen LogP contribution in [0, 0.1) is 6.92 Å². The van der Waals surface area contributed by atoms with Crippen LogP contribution in [0.1, 0.15) is 5.56 Å². The number of pyridine rings is 1. The van der Waals surface area contributed by atoms with Crippen LogP contribution in [-0.4, -0.2) is 28.6 Å². The Morgan fingerprint density at radius 1 is 1.29 bits per heavy atom. The number of halogens is 2. The van der Waals surface area contributed by atoms with Gasteiger partial charge in [-0.1, -0.05) is 29.3 Å². The van der Waals surface area contributed by atoms with E-state index in [9.17, 15) is 5.11 Å². The van der Waals surface area contributed by atoms with Gasteiger partial charge in [0.15, 0.2) is 0 Å². The molecule has 0 amide bonds. The second-order valence-corrected chi connectivity index (χ2v) is 6.41. The van der Waals surface area contributed by atoms with Crippen molar-refractivity contribution in [3.63, 3.8) is 0 Å². The van der Waals surface area contributed by atoms with Crippen LogP contribution in [0.2, 0.25) is 10.0 Å². The van der Waals surface area contributed by atoms with Gasteiger partial charge in [0.05, 0.1) is 16.2 Å². The summed E-state index contributed by atoms with van der Waals surface area (Å²) in [6.07, 6.45) is 1.19. The number of rotatable bonds is 6. The first kappa shape index (κ1) is 16.4. The molecule has 2 rings (SSSR count). The second-order valence-electron chi connectivity index (χ2n) is 4.52. The van der Waals surface area contributed by atoms with Gasteiger partial charge < -0.3 is 9.84 Å². The lowest BCUT2D eigenvalue weighted by atomic mass is 10.3. The Morgan fingerprint density at radius 3 is 2.81 bits per heavy atom. The van der Waals surface area contributed by atoms with E-state index >= 15 is 0 Å². The molecule has 1 aromatic heterocycles. The Bertz CT molecular complexity index is 593. The summed E-state index contributed by atoms with van der Waals surface area (Å²) in [4.78, 5) is 4.27. The smallest absolute Gasteiger partial charge is 0.139 e. The Balaban J connectivity index is 1.80. The number of nitrogens with zero attached hydrogens (tertiary/aromatic N) is 1. The molecule has 0 saturated carbocycles. The fourth-order valence-corrected chi connectivity index (χ4v) is 2.63. The van der Waals surface area contributed by atoms with Gasteiger partial charge in [0.25, 0.3) is 0 Å². The van der Waals surface area contributed by atoms with Crippen molar-refractivity contribution in [3.05, 3.63) is 52.1 Å². The van der Waals surface area contributed by atoms with Crippen molar-refractivity contribution in [1.29, 1.82) is 0 Å². The zero-order valence-electron chi connectivity index (χ0n) is 11.4. The summed E-state index contributed by atoms with van der Waals surface area (Å²) in [5, 5.41) is 11.8. The van der Waals surface area contributed by atoms with Gasteiger partial charge in [-0.15, -0.1) is 11.8 Å². The zero-order valence-corrected chi connectivity index (χ0v) is 13.8. The average molecular weight is 344 g/mol. The molecule has 1 atom stereocenters. The molecule has 0 aliphatic rings. The first-order chi connectivity index (χ1) is 10.0. The lowest BCUT2D eigenvalue weighted by molar-refractivity contribution is 0.126. The SMILES string of the molecule is Cc1ccc(SCC(O)COc2cc(Cl)ccc2Cl)nc1. The van der Waals surface area contributed by atoms with Gasteiger partial charge in [0, 0.05) is 23.0 Å². The number of hydrogen-bond donors (Lipinski definition) is 1. The third-order valence-corrected chi connectivity index (χ3v) is 4.27. The first-order valence-corrected chi connectivity index (χ1v) is 8.10. The van der Waals surface area contributed by atoms with Gasteiger partial charge in [-0.3, -0.25) is 0 Å². The van der Waals surface area contributed by atoms with Gasteiger partial charge in [0.2, 0.25) is 0 Å². The van der Waals surface area contributed by atoms with Crippen LogP contribution in [0.15, 0.2) is 41.6 Å². The molecule has 0 radical (unpaired) electrons. The predicted octanol–water partition coefficient (Wildman–Crippen LogP) is 4.23. The van der Waals surface area contributed by atoms with Crippen molar-refractivity contribution in [3.8, 4) is 5.75 Å². The van der Waals surface area contributed by atoms with Gasteiger partial charge in [0.1, 0.15) is 12.4 Å². The monoisotopic (exact) mass is 343 g/mol. The number of aliphatic hydroxyl groups is 1. The second kappa shape index (κ2) is 7.90. The Kier molecular flexibility index (Phi) is 6.18. The molecule has 21 heavy (non-hydrogen) atoms. The van der Waals surface area contributed by atoms with Crippen molar-refractivity contribution in [1.82, 2.24) is 4.98 Å². The first-order valence-electron chi connectivity index (χ1n) is 6.36. The number of hydrogen-bond acceptors (Lipinski definition) is 4. The van der Waals surface area contributed by atoms with Gasteiger partial charge in [-0.05, 0) is 30.7 Å². The minimum atomic E-state index is -0.617. The summed E-state index contributed by atoms with van der Waals surface area (Å²) in [5.41, 5.74) is 1.11. The maximum absolute atomic E-state index is 9.94. The van der Waals surface area contributed by atoms with Crippen molar-refractivity contribution in [2.24, 2.45) is 0 Å². The Labute approximate surface area is 138 Å². The Hall–Kier alpha value is -0.940. The minimum Gasteiger partial charge on any atom is -0.489 e. The number of aryl methyl sites for hydroxylation is 1. The van der Waals surface area contributed by atoms with Crippen molar-refractivity contribution >= 4 is 35.0 Å². The maximum atomic E-state index is 9.94. The summed E-state index contributed by atoms with van der Waals surface area (Å²) in [7, 11) is 0. The molecule has 0 bridgehead atoms. The van der Waals surface area contributed by atoms with Gasteiger partial charge in [-0.2, -0.15) is 0 Å². The van der Waals surface area contributed by atoms with Crippen molar-refractivity contribution in [2.75, 3.05) is 12.4 Å². The number of thioether (sulfide) groups is 1.